The molecule has 1 unspecified atom stereocenters. The summed E-state index contributed by atoms with van der Waals surface area (Å²) in [4.78, 5) is 8.96. The molecule has 0 aliphatic rings. The van der Waals surface area contributed by atoms with Gasteiger partial charge in [-0.2, -0.15) is 0 Å². The monoisotopic (exact) mass is 291 g/mol. The molecule has 21 heavy (non-hydrogen) atoms. The Bertz CT molecular complexity index is 554. The van der Waals surface area contributed by atoms with Crippen molar-refractivity contribution in [3.63, 3.8) is 0 Å². The average molecular weight is 291 g/mol. The van der Waals surface area contributed by atoms with Gasteiger partial charge in [-0.3, -0.25) is 0 Å². The van der Waals surface area contributed by atoms with Crippen LogP contribution in [0.5, 0.6) is 0 Å². The Balaban J connectivity index is 2.14. The van der Waals surface area contributed by atoms with Crippen molar-refractivity contribution in [1.29, 1.82) is 0 Å². The first kappa shape index (κ1) is 15.6. The molecule has 0 aliphatic heterocycles. The largest absolute Gasteiger partial charge is 0.396 e. The summed E-state index contributed by atoms with van der Waals surface area (Å²) in [7, 11) is 0. The third kappa shape index (κ3) is 4.07. The van der Waals surface area contributed by atoms with Gasteiger partial charge in [0.25, 0.3) is 0 Å². The summed E-state index contributed by atoms with van der Waals surface area (Å²) < 4.78 is 1.97. The van der Waals surface area contributed by atoms with Crippen LogP contribution < -0.4 is 10.6 Å². The number of nitrogens with zero attached hydrogens (tertiary/aromatic N) is 3. The molecule has 0 amide bonds. The Morgan fingerprint density at radius 3 is 2.90 bits per heavy atom. The highest BCUT2D eigenvalue weighted by Gasteiger charge is 2.10. The molecule has 2 rings (SSSR count). The summed E-state index contributed by atoms with van der Waals surface area (Å²) >= 11 is 0. The first-order valence-electron chi connectivity index (χ1n) is 7.70. The maximum Gasteiger partial charge on any atom is 0.180 e. The molecule has 0 saturated carbocycles. The number of aliphatic hydroxyl groups excluding tert-OH is 1. The summed E-state index contributed by atoms with van der Waals surface area (Å²) in [5.41, 5.74) is 0.830. The van der Waals surface area contributed by atoms with Gasteiger partial charge >= 0.3 is 0 Å². The van der Waals surface area contributed by atoms with Gasteiger partial charge in [-0.25, -0.2) is 9.97 Å². The van der Waals surface area contributed by atoms with E-state index in [1.54, 1.807) is 6.20 Å². The molecule has 2 aromatic heterocycles. The van der Waals surface area contributed by atoms with Crippen molar-refractivity contribution in [1.82, 2.24) is 14.4 Å². The van der Waals surface area contributed by atoms with Gasteiger partial charge in [0.2, 0.25) is 0 Å². The third-order valence-electron chi connectivity index (χ3n) is 3.60. The highest BCUT2D eigenvalue weighted by Crippen LogP contribution is 2.18. The number of imidazole rings is 1. The van der Waals surface area contributed by atoms with E-state index in [0.29, 0.717) is 5.92 Å². The van der Waals surface area contributed by atoms with Crippen LogP contribution in [-0.2, 0) is 0 Å². The number of nitrogens with one attached hydrogen (secondary N) is 2. The van der Waals surface area contributed by atoms with Crippen molar-refractivity contribution in [2.45, 2.75) is 33.1 Å². The predicted octanol–water partition coefficient (Wildman–Crippen LogP) is 2.37. The van der Waals surface area contributed by atoms with Crippen LogP contribution in [0.4, 0.5) is 11.6 Å². The second-order valence-corrected chi connectivity index (χ2v) is 5.23. The lowest BCUT2D eigenvalue weighted by Crippen LogP contribution is -2.17. The molecule has 0 spiro atoms. The number of anilines is 2. The van der Waals surface area contributed by atoms with Crippen LogP contribution >= 0.6 is 0 Å². The Morgan fingerprint density at radius 1 is 1.33 bits per heavy atom. The van der Waals surface area contributed by atoms with Crippen LogP contribution in [0, 0.1) is 5.92 Å². The summed E-state index contributed by atoms with van der Waals surface area (Å²) in [5, 5.41) is 15.8. The Hall–Kier alpha value is -1.82. The fourth-order valence-electron chi connectivity index (χ4n) is 2.26. The van der Waals surface area contributed by atoms with Gasteiger partial charge in [0.05, 0.1) is 6.20 Å². The second kappa shape index (κ2) is 7.83. The molecule has 0 radical (unpaired) electrons. The fraction of sp³-hybridized carbons (Fsp3) is 0.600. The van der Waals surface area contributed by atoms with E-state index in [0.717, 1.165) is 49.6 Å². The molecule has 6 nitrogen and oxygen atoms in total. The minimum atomic E-state index is 0.227. The first-order chi connectivity index (χ1) is 10.3. The summed E-state index contributed by atoms with van der Waals surface area (Å²) in [6, 6.07) is 0. The molecule has 0 aromatic carbocycles. The summed E-state index contributed by atoms with van der Waals surface area (Å²) in [6.07, 6.45) is 8.55. The van der Waals surface area contributed by atoms with Gasteiger partial charge in [0.1, 0.15) is 5.82 Å². The van der Waals surface area contributed by atoms with Crippen LogP contribution in [0.3, 0.4) is 0 Å². The predicted molar refractivity (Wildman–Crippen MR) is 85.7 cm³/mol. The lowest BCUT2D eigenvalue weighted by atomic mass is 10.0. The maximum atomic E-state index is 9.08. The zero-order chi connectivity index (χ0) is 15.1. The van der Waals surface area contributed by atoms with E-state index in [1.165, 1.54) is 0 Å². The molecule has 0 saturated heterocycles. The average Bonchev–Trinajstić information content (AvgIpc) is 2.97. The number of aliphatic hydroxyl groups is 1. The van der Waals surface area contributed by atoms with Gasteiger partial charge < -0.3 is 20.1 Å². The van der Waals surface area contributed by atoms with Crippen LogP contribution in [0.2, 0.25) is 0 Å². The van der Waals surface area contributed by atoms with E-state index >= 15 is 0 Å². The molecular weight excluding hydrogens is 266 g/mol. The minimum absolute atomic E-state index is 0.227. The lowest BCUT2D eigenvalue weighted by Gasteiger charge is -2.16. The molecule has 3 N–H and O–H groups in total. The van der Waals surface area contributed by atoms with E-state index < -0.39 is 0 Å². The van der Waals surface area contributed by atoms with Crippen LogP contribution in [0.1, 0.15) is 33.1 Å². The van der Waals surface area contributed by atoms with E-state index in [1.807, 2.05) is 16.8 Å². The molecule has 6 heteroatoms. The van der Waals surface area contributed by atoms with E-state index in [4.69, 9.17) is 5.11 Å². The highest BCUT2D eigenvalue weighted by atomic mass is 16.3. The zero-order valence-electron chi connectivity index (χ0n) is 12.8. The molecule has 116 valence electrons. The maximum absolute atomic E-state index is 9.08. The van der Waals surface area contributed by atoms with Crippen LogP contribution in [0.25, 0.3) is 5.65 Å². The van der Waals surface area contributed by atoms with E-state index in [-0.39, 0.29) is 6.61 Å². The number of hydrogen-bond donors (Lipinski definition) is 3. The smallest absolute Gasteiger partial charge is 0.180 e. The molecule has 1 atom stereocenters. The quantitative estimate of drug-likeness (QED) is 0.661. The summed E-state index contributed by atoms with van der Waals surface area (Å²) in [5.74, 6) is 2.08. The lowest BCUT2D eigenvalue weighted by molar-refractivity contribution is 0.258. The van der Waals surface area contributed by atoms with Crippen molar-refractivity contribution in [3.8, 4) is 0 Å². The van der Waals surface area contributed by atoms with E-state index in [2.05, 4.69) is 34.4 Å². The third-order valence-corrected chi connectivity index (χ3v) is 3.60. The van der Waals surface area contributed by atoms with Crippen molar-refractivity contribution in [2.75, 3.05) is 30.3 Å². The van der Waals surface area contributed by atoms with Crippen molar-refractivity contribution in [2.24, 2.45) is 5.92 Å². The van der Waals surface area contributed by atoms with Gasteiger partial charge in [0, 0.05) is 32.1 Å². The number of aromatic nitrogens is 3. The van der Waals surface area contributed by atoms with Crippen molar-refractivity contribution < 1.29 is 5.11 Å². The van der Waals surface area contributed by atoms with Crippen LogP contribution in [-0.4, -0.2) is 39.2 Å². The van der Waals surface area contributed by atoms with Crippen LogP contribution in [0.15, 0.2) is 18.6 Å². The Labute approximate surface area is 125 Å². The van der Waals surface area contributed by atoms with Crippen molar-refractivity contribution in [3.05, 3.63) is 18.6 Å². The van der Waals surface area contributed by atoms with E-state index in [9.17, 15) is 0 Å². The van der Waals surface area contributed by atoms with Gasteiger partial charge in [-0.1, -0.05) is 20.3 Å². The molecular formula is C15H25N5O. The van der Waals surface area contributed by atoms with Crippen molar-refractivity contribution >= 4 is 17.3 Å². The number of rotatable bonds is 9. The summed E-state index contributed by atoms with van der Waals surface area (Å²) in [6.45, 7) is 6.19. The molecule has 0 aliphatic carbocycles. The zero-order valence-corrected chi connectivity index (χ0v) is 12.8. The topological polar surface area (TPSA) is 74.5 Å². The molecule has 0 fully saturated rings. The second-order valence-electron chi connectivity index (χ2n) is 5.23. The highest BCUT2D eigenvalue weighted by molar-refractivity contribution is 5.65. The Kier molecular flexibility index (Phi) is 5.80. The van der Waals surface area contributed by atoms with Gasteiger partial charge in [0.15, 0.2) is 11.5 Å². The molecule has 0 bridgehead atoms. The normalized spacial score (nSPS) is 12.5. The minimum Gasteiger partial charge on any atom is -0.396 e. The Morgan fingerprint density at radius 2 is 2.19 bits per heavy atom. The molecule has 2 aromatic rings. The fourth-order valence-corrected chi connectivity index (χ4v) is 2.26. The number of hydrogen-bond acceptors (Lipinski definition) is 5. The molecule has 2 heterocycles. The number of fused-ring (bicyclic) bond motifs is 1. The standard InChI is InChI=1S/C15H25N5O/c1-3-6-16-13-11-20-8-7-17-15(20)14(19-13)18-10-12(4-2)5-9-21/h7-8,11-12,16,21H,3-6,9-10H2,1-2H3,(H,18,19). The van der Waals surface area contributed by atoms with Gasteiger partial charge in [-0.15, -0.1) is 0 Å². The van der Waals surface area contributed by atoms with Gasteiger partial charge in [-0.05, 0) is 18.8 Å². The first-order valence-corrected chi connectivity index (χ1v) is 7.70. The SMILES string of the molecule is CCCNc1cn2ccnc2c(NCC(CC)CCO)n1.